The lowest BCUT2D eigenvalue weighted by atomic mass is 9.93. The number of hydrogen-bond donors (Lipinski definition) is 1. The molecule has 2 rings (SSSR count). The molecule has 0 aromatic heterocycles. The van der Waals surface area contributed by atoms with Crippen LogP contribution in [0.4, 0.5) is 0 Å². The van der Waals surface area contributed by atoms with Gasteiger partial charge in [-0.3, -0.25) is 0 Å². The second-order valence-electron chi connectivity index (χ2n) is 3.67. The first-order valence-corrected chi connectivity index (χ1v) is 5.13. The molecule has 0 unspecified atom stereocenters. The van der Waals surface area contributed by atoms with Crippen LogP contribution < -0.4 is 0 Å². The third kappa shape index (κ3) is 1.60. The second-order valence-corrected chi connectivity index (χ2v) is 4.07. The second kappa shape index (κ2) is 3.79. The molecule has 1 aliphatic heterocycles. The number of benzene rings is 1. The Morgan fingerprint density at radius 1 is 1.50 bits per heavy atom. The van der Waals surface area contributed by atoms with Crippen molar-refractivity contribution in [1.82, 2.24) is 0 Å². The Balaban J connectivity index is 2.44. The first-order chi connectivity index (χ1) is 6.70. The number of ether oxygens (including phenoxy) is 1. The summed E-state index contributed by atoms with van der Waals surface area (Å²) < 4.78 is 5.32. The lowest BCUT2D eigenvalue weighted by Gasteiger charge is -2.14. The molecule has 1 saturated heterocycles. The van der Waals surface area contributed by atoms with Crippen LogP contribution in [0.2, 0.25) is 5.02 Å². The number of phenolic OH excluding ortho intramolecular Hbond substituents is 1. The predicted molar refractivity (Wildman–Crippen MR) is 56.0 cm³/mol. The summed E-state index contributed by atoms with van der Waals surface area (Å²) in [6.45, 7) is 3.40. The minimum Gasteiger partial charge on any atom is -0.508 e. The van der Waals surface area contributed by atoms with Crippen molar-refractivity contribution in [3.05, 3.63) is 28.3 Å². The molecule has 3 heteroatoms. The van der Waals surface area contributed by atoms with E-state index in [1.165, 1.54) is 0 Å². The van der Waals surface area contributed by atoms with Crippen LogP contribution in [0.5, 0.6) is 5.75 Å². The van der Waals surface area contributed by atoms with Crippen LogP contribution in [0, 0.1) is 6.92 Å². The summed E-state index contributed by atoms with van der Waals surface area (Å²) in [6, 6.07) is 3.38. The van der Waals surface area contributed by atoms with E-state index in [1.54, 1.807) is 12.1 Å². The van der Waals surface area contributed by atoms with Crippen LogP contribution >= 0.6 is 11.6 Å². The first kappa shape index (κ1) is 9.81. The summed E-state index contributed by atoms with van der Waals surface area (Å²) in [5.41, 5.74) is 1.93. The van der Waals surface area contributed by atoms with Gasteiger partial charge in [0.05, 0.1) is 6.61 Å². The number of hydrogen-bond acceptors (Lipinski definition) is 2. The van der Waals surface area contributed by atoms with Crippen molar-refractivity contribution < 1.29 is 9.84 Å². The van der Waals surface area contributed by atoms with Gasteiger partial charge in [-0.25, -0.2) is 0 Å². The minimum atomic E-state index is 0.316. The molecule has 0 saturated carbocycles. The van der Waals surface area contributed by atoms with Crippen molar-refractivity contribution in [2.45, 2.75) is 19.3 Å². The van der Waals surface area contributed by atoms with E-state index in [0.29, 0.717) is 18.3 Å². The van der Waals surface area contributed by atoms with Gasteiger partial charge in [-0.05, 0) is 36.6 Å². The highest BCUT2D eigenvalue weighted by Crippen LogP contribution is 2.36. The van der Waals surface area contributed by atoms with Crippen molar-refractivity contribution in [3.63, 3.8) is 0 Å². The van der Waals surface area contributed by atoms with E-state index < -0.39 is 0 Å². The SMILES string of the molecule is Cc1c(O)ccc(Cl)c1[C@@H]1CCOC1. The molecule has 1 heterocycles. The fourth-order valence-corrected chi connectivity index (χ4v) is 2.31. The average molecular weight is 213 g/mol. The highest BCUT2D eigenvalue weighted by molar-refractivity contribution is 6.31. The van der Waals surface area contributed by atoms with E-state index in [2.05, 4.69) is 0 Å². The number of rotatable bonds is 1. The van der Waals surface area contributed by atoms with Gasteiger partial charge in [-0.15, -0.1) is 0 Å². The van der Waals surface area contributed by atoms with Crippen molar-refractivity contribution in [2.24, 2.45) is 0 Å². The summed E-state index contributed by atoms with van der Waals surface area (Å²) in [5.74, 6) is 0.658. The molecule has 0 radical (unpaired) electrons. The first-order valence-electron chi connectivity index (χ1n) is 4.76. The predicted octanol–water partition coefficient (Wildman–Crippen LogP) is 2.86. The Kier molecular flexibility index (Phi) is 2.66. The number of aromatic hydroxyl groups is 1. The largest absolute Gasteiger partial charge is 0.508 e. The summed E-state index contributed by atoms with van der Waals surface area (Å²) in [4.78, 5) is 0. The zero-order valence-electron chi connectivity index (χ0n) is 8.09. The average Bonchev–Trinajstić information content (AvgIpc) is 2.65. The number of halogens is 1. The van der Waals surface area contributed by atoms with Gasteiger partial charge >= 0.3 is 0 Å². The van der Waals surface area contributed by atoms with Crippen LogP contribution in [0.3, 0.4) is 0 Å². The lowest BCUT2D eigenvalue weighted by molar-refractivity contribution is 0.194. The smallest absolute Gasteiger partial charge is 0.118 e. The maximum Gasteiger partial charge on any atom is 0.118 e. The molecule has 1 aromatic rings. The molecule has 1 fully saturated rings. The highest BCUT2D eigenvalue weighted by atomic mass is 35.5. The third-order valence-corrected chi connectivity index (χ3v) is 3.10. The van der Waals surface area contributed by atoms with E-state index in [4.69, 9.17) is 16.3 Å². The summed E-state index contributed by atoms with van der Waals surface area (Å²) in [5, 5.41) is 10.3. The third-order valence-electron chi connectivity index (χ3n) is 2.77. The monoisotopic (exact) mass is 212 g/mol. The Hall–Kier alpha value is -0.730. The zero-order chi connectivity index (χ0) is 10.1. The van der Waals surface area contributed by atoms with Crippen LogP contribution in [0.1, 0.15) is 23.5 Å². The van der Waals surface area contributed by atoms with Gasteiger partial charge in [0.15, 0.2) is 0 Å². The molecular formula is C11H13ClO2. The maximum absolute atomic E-state index is 9.59. The molecule has 1 aromatic carbocycles. The van der Waals surface area contributed by atoms with Crippen LogP contribution in [-0.2, 0) is 4.74 Å². The molecule has 0 aliphatic carbocycles. The van der Waals surface area contributed by atoms with Crippen molar-refractivity contribution in [2.75, 3.05) is 13.2 Å². The van der Waals surface area contributed by atoms with Gasteiger partial charge < -0.3 is 9.84 Å². The Morgan fingerprint density at radius 2 is 2.29 bits per heavy atom. The van der Waals surface area contributed by atoms with Crippen LogP contribution in [-0.4, -0.2) is 18.3 Å². The summed E-state index contributed by atoms with van der Waals surface area (Å²) >= 11 is 6.11. The van der Waals surface area contributed by atoms with Gasteiger partial charge in [0.1, 0.15) is 5.75 Å². The van der Waals surface area contributed by atoms with Crippen molar-refractivity contribution in [1.29, 1.82) is 0 Å². The Bertz CT molecular complexity index is 343. The normalized spacial score (nSPS) is 21.4. The molecule has 0 spiro atoms. The number of phenols is 1. The van der Waals surface area contributed by atoms with Gasteiger partial charge in [0.2, 0.25) is 0 Å². The highest BCUT2D eigenvalue weighted by Gasteiger charge is 2.22. The van der Waals surface area contributed by atoms with Crippen LogP contribution in [0.25, 0.3) is 0 Å². The molecule has 14 heavy (non-hydrogen) atoms. The Labute approximate surface area is 88.5 Å². The van der Waals surface area contributed by atoms with Crippen molar-refractivity contribution in [3.8, 4) is 5.75 Å². The van der Waals surface area contributed by atoms with Gasteiger partial charge in [-0.1, -0.05) is 11.6 Å². The minimum absolute atomic E-state index is 0.316. The fraction of sp³-hybridized carbons (Fsp3) is 0.455. The maximum atomic E-state index is 9.59. The van der Waals surface area contributed by atoms with Crippen molar-refractivity contribution >= 4 is 11.6 Å². The molecular weight excluding hydrogens is 200 g/mol. The molecule has 1 atom stereocenters. The van der Waals surface area contributed by atoms with Gasteiger partial charge in [-0.2, -0.15) is 0 Å². The van der Waals surface area contributed by atoms with E-state index in [9.17, 15) is 5.11 Å². The lowest BCUT2D eigenvalue weighted by Crippen LogP contribution is -2.01. The van der Waals surface area contributed by atoms with Gasteiger partial charge in [0.25, 0.3) is 0 Å². The van der Waals surface area contributed by atoms with E-state index in [-0.39, 0.29) is 0 Å². The van der Waals surface area contributed by atoms with Crippen LogP contribution in [0.15, 0.2) is 12.1 Å². The molecule has 76 valence electrons. The quantitative estimate of drug-likeness (QED) is 0.776. The summed E-state index contributed by atoms with van der Waals surface area (Å²) in [6.07, 6.45) is 0.990. The van der Waals surface area contributed by atoms with E-state index in [0.717, 1.165) is 29.2 Å². The Morgan fingerprint density at radius 3 is 2.93 bits per heavy atom. The molecule has 2 nitrogen and oxygen atoms in total. The summed E-state index contributed by atoms with van der Waals surface area (Å²) in [7, 11) is 0. The van der Waals surface area contributed by atoms with E-state index in [1.807, 2.05) is 6.92 Å². The standard InChI is InChI=1S/C11H13ClO2/c1-7-10(13)3-2-9(12)11(7)8-4-5-14-6-8/h2-3,8,13H,4-6H2,1H3/t8-/m1/s1. The van der Waals surface area contributed by atoms with Gasteiger partial charge in [0, 0.05) is 17.5 Å². The van der Waals surface area contributed by atoms with E-state index >= 15 is 0 Å². The molecule has 0 bridgehead atoms. The molecule has 0 amide bonds. The molecule has 1 N–H and O–H groups in total. The topological polar surface area (TPSA) is 29.5 Å². The zero-order valence-corrected chi connectivity index (χ0v) is 8.84. The fourth-order valence-electron chi connectivity index (χ4n) is 1.95. The molecule has 1 aliphatic rings.